The van der Waals surface area contributed by atoms with Gasteiger partial charge in [-0.25, -0.2) is 4.98 Å². The number of halogens is 1. The molecule has 1 aromatic rings. The topological polar surface area (TPSA) is 84.4 Å². The number of ether oxygens (including phenoxy) is 3. The summed E-state index contributed by atoms with van der Waals surface area (Å²) in [5, 5.41) is 9.07. The average molecular weight is 414 g/mol. The monoisotopic (exact) mass is 413 g/mol. The van der Waals surface area contributed by atoms with Gasteiger partial charge < -0.3 is 24.2 Å². The van der Waals surface area contributed by atoms with E-state index in [0.717, 1.165) is 32.5 Å². The Balaban J connectivity index is 1.48. The zero-order valence-corrected chi connectivity index (χ0v) is 16.8. The molecule has 28 heavy (non-hydrogen) atoms. The van der Waals surface area contributed by atoms with Crippen LogP contribution in [0.2, 0.25) is 5.02 Å². The van der Waals surface area contributed by atoms with Gasteiger partial charge in [0.1, 0.15) is 11.1 Å². The van der Waals surface area contributed by atoms with Crippen LogP contribution in [0.1, 0.15) is 23.2 Å². The molecule has 2 saturated heterocycles. The number of rotatable bonds is 8. The number of aliphatic hydroxyl groups excluding tert-OH is 1. The second kappa shape index (κ2) is 10.9. The summed E-state index contributed by atoms with van der Waals surface area (Å²) in [5.74, 6) is 0.306. The maximum absolute atomic E-state index is 12.8. The van der Waals surface area contributed by atoms with E-state index in [-0.39, 0.29) is 18.6 Å². The van der Waals surface area contributed by atoms with Crippen molar-refractivity contribution in [3.63, 3.8) is 0 Å². The van der Waals surface area contributed by atoms with Crippen LogP contribution in [0.5, 0.6) is 5.88 Å². The molecule has 0 bridgehead atoms. The number of aromatic nitrogens is 1. The molecule has 2 aliphatic heterocycles. The third kappa shape index (κ3) is 6.02. The summed E-state index contributed by atoms with van der Waals surface area (Å²) in [6.45, 7) is 6.03. The normalized spacial score (nSPS) is 19.0. The predicted molar refractivity (Wildman–Crippen MR) is 104 cm³/mol. The van der Waals surface area contributed by atoms with Crippen molar-refractivity contribution < 1.29 is 24.1 Å². The lowest BCUT2D eigenvalue weighted by Gasteiger charge is -2.34. The molecule has 2 fully saturated rings. The molecule has 0 unspecified atom stereocenters. The highest BCUT2D eigenvalue weighted by atomic mass is 35.5. The maximum atomic E-state index is 12.8. The Morgan fingerprint density at radius 3 is 2.68 bits per heavy atom. The molecule has 0 radical (unpaired) electrons. The number of hydrogen-bond acceptors (Lipinski definition) is 7. The number of carbonyl (C=O) groups excluding carboxylic acids is 1. The minimum atomic E-state index is -0.0665. The van der Waals surface area contributed by atoms with Crippen molar-refractivity contribution in [1.82, 2.24) is 14.8 Å². The zero-order valence-electron chi connectivity index (χ0n) is 16.0. The van der Waals surface area contributed by atoms with E-state index < -0.39 is 0 Å². The van der Waals surface area contributed by atoms with Crippen LogP contribution in [-0.2, 0) is 9.47 Å². The number of pyridine rings is 1. The van der Waals surface area contributed by atoms with Crippen LogP contribution in [0.4, 0.5) is 0 Å². The van der Waals surface area contributed by atoms with Crippen LogP contribution in [-0.4, -0.2) is 97.7 Å². The fourth-order valence-electron chi connectivity index (χ4n) is 3.30. The van der Waals surface area contributed by atoms with Crippen molar-refractivity contribution >= 4 is 17.5 Å². The van der Waals surface area contributed by atoms with E-state index in [9.17, 15) is 4.79 Å². The molecular formula is C19H28ClN3O5. The Bertz CT molecular complexity index is 634. The van der Waals surface area contributed by atoms with E-state index in [1.54, 1.807) is 6.07 Å². The minimum Gasteiger partial charge on any atom is -0.473 e. The number of nitrogens with zero attached hydrogens (tertiary/aromatic N) is 3. The van der Waals surface area contributed by atoms with Crippen LogP contribution >= 0.6 is 11.6 Å². The molecule has 8 nitrogen and oxygen atoms in total. The first-order valence-electron chi connectivity index (χ1n) is 9.77. The molecule has 9 heteroatoms. The summed E-state index contributed by atoms with van der Waals surface area (Å²) in [5.41, 5.74) is 0.476. The van der Waals surface area contributed by atoms with Crippen LogP contribution in [0.25, 0.3) is 0 Å². The van der Waals surface area contributed by atoms with E-state index in [1.165, 1.54) is 6.20 Å². The number of carbonyl (C=O) groups is 1. The van der Waals surface area contributed by atoms with Gasteiger partial charge in [0.25, 0.3) is 5.91 Å². The lowest BCUT2D eigenvalue weighted by molar-refractivity contribution is 0.0237. The molecule has 1 amide bonds. The zero-order chi connectivity index (χ0) is 19.8. The molecule has 0 spiro atoms. The van der Waals surface area contributed by atoms with Crippen molar-refractivity contribution in [3.8, 4) is 5.88 Å². The predicted octanol–water partition coefficient (Wildman–Crippen LogP) is 1.06. The number of piperazine rings is 1. The van der Waals surface area contributed by atoms with Gasteiger partial charge in [0, 0.05) is 51.8 Å². The van der Waals surface area contributed by atoms with Crippen LogP contribution < -0.4 is 4.74 Å². The summed E-state index contributed by atoms with van der Waals surface area (Å²) in [4.78, 5) is 21.1. The van der Waals surface area contributed by atoms with E-state index in [2.05, 4.69) is 9.88 Å². The van der Waals surface area contributed by atoms with Gasteiger partial charge in [0.2, 0.25) is 5.88 Å². The Morgan fingerprint density at radius 1 is 1.25 bits per heavy atom. The highest BCUT2D eigenvalue weighted by Gasteiger charge is 2.24. The van der Waals surface area contributed by atoms with E-state index in [0.29, 0.717) is 56.0 Å². The summed E-state index contributed by atoms with van der Waals surface area (Å²) in [7, 11) is 0. The van der Waals surface area contributed by atoms with E-state index >= 15 is 0 Å². The van der Waals surface area contributed by atoms with Crippen molar-refractivity contribution in [3.05, 3.63) is 22.8 Å². The van der Waals surface area contributed by atoms with Gasteiger partial charge in [-0.05, 0) is 6.07 Å². The van der Waals surface area contributed by atoms with Crippen molar-refractivity contribution in [2.75, 3.05) is 65.8 Å². The van der Waals surface area contributed by atoms with Gasteiger partial charge in [0.15, 0.2) is 0 Å². The SMILES string of the molecule is O=C(c1cnc(OC2CCOCC2)c(Cl)c1)N1CCN(CCOCCO)CC1. The lowest BCUT2D eigenvalue weighted by Crippen LogP contribution is -2.49. The van der Waals surface area contributed by atoms with Crippen LogP contribution in [0.3, 0.4) is 0 Å². The minimum absolute atomic E-state index is 0.0395. The first-order valence-corrected chi connectivity index (χ1v) is 10.2. The van der Waals surface area contributed by atoms with Crippen molar-refractivity contribution in [1.29, 1.82) is 0 Å². The van der Waals surface area contributed by atoms with Gasteiger partial charge in [0.05, 0.1) is 38.6 Å². The number of aliphatic hydroxyl groups is 1. The molecule has 0 atom stereocenters. The first-order chi connectivity index (χ1) is 13.7. The lowest BCUT2D eigenvalue weighted by atomic mass is 10.1. The second-order valence-corrected chi connectivity index (χ2v) is 7.32. The molecule has 0 saturated carbocycles. The van der Waals surface area contributed by atoms with Crippen molar-refractivity contribution in [2.45, 2.75) is 18.9 Å². The standard InChI is InChI=1S/C19H28ClN3O5/c20-17-13-15(14-21-18(17)28-16-1-9-26-10-2-16)19(25)23-5-3-22(4-6-23)7-11-27-12-8-24/h13-14,16,24H,1-12H2. The van der Waals surface area contributed by atoms with Gasteiger partial charge in [-0.15, -0.1) is 0 Å². The quantitative estimate of drug-likeness (QED) is 0.638. The smallest absolute Gasteiger partial charge is 0.255 e. The first kappa shape index (κ1) is 21.3. The highest BCUT2D eigenvalue weighted by molar-refractivity contribution is 6.32. The largest absolute Gasteiger partial charge is 0.473 e. The van der Waals surface area contributed by atoms with Crippen LogP contribution in [0.15, 0.2) is 12.3 Å². The average Bonchev–Trinajstić information content (AvgIpc) is 2.73. The van der Waals surface area contributed by atoms with E-state index in [4.69, 9.17) is 30.9 Å². The molecule has 1 N–H and O–H groups in total. The van der Waals surface area contributed by atoms with Gasteiger partial charge in [-0.2, -0.15) is 0 Å². The Labute approximate surface area is 170 Å². The molecule has 156 valence electrons. The number of amides is 1. The second-order valence-electron chi connectivity index (χ2n) is 6.91. The summed E-state index contributed by atoms with van der Waals surface area (Å²) < 4.78 is 16.5. The molecule has 2 aliphatic rings. The molecule has 3 heterocycles. The summed E-state index contributed by atoms with van der Waals surface area (Å²) in [6.07, 6.45) is 3.22. The Kier molecular flexibility index (Phi) is 8.29. The number of hydrogen-bond donors (Lipinski definition) is 1. The summed E-state index contributed by atoms with van der Waals surface area (Å²) in [6, 6.07) is 1.64. The molecule has 1 aromatic heterocycles. The third-order valence-corrected chi connectivity index (χ3v) is 5.22. The highest BCUT2D eigenvalue weighted by Crippen LogP contribution is 2.26. The van der Waals surface area contributed by atoms with Crippen molar-refractivity contribution in [2.24, 2.45) is 0 Å². The van der Waals surface area contributed by atoms with Crippen LogP contribution in [0, 0.1) is 0 Å². The van der Waals surface area contributed by atoms with E-state index in [1.807, 2.05) is 4.90 Å². The molecule has 3 rings (SSSR count). The fourth-order valence-corrected chi connectivity index (χ4v) is 3.51. The molecular weight excluding hydrogens is 386 g/mol. The van der Waals surface area contributed by atoms with Gasteiger partial charge in [-0.3, -0.25) is 9.69 Å². The Morgan fingerprint density at radius 2 is 2.00 bits per heavy atom. The molecule has 0 aromatic carbocycles. The van der Waals surface area contributed by atoms with Gasteiger partial charge >= 0.3 is 0 Å². The van der Waals surface area contributed by atoms with Gasteiger partial charge in [-0.1, -0.05) is 11.6 Å². The third-order valence-electron chi connectivity index (χ3n) is 4.95. The molecule has 0 aliphatic carbocycles. The summed E-state index contributed by atoms with van der Waals surface area (Å²) >= 11 is 6.31. The fraction of sp³-hybridized carbons (Fsp3) is 0.684. The maximum Gasteiger partial charge on any atom is 0.255 e. The Hall–Kier alpha value is -1.45.